The highest BCUT2D eigenvalue weighted by Crippen LogP contribution is 2.25. The molecule has 1 N–H and O–H groups in total. The second-order valence-corrected chi connectivity index (χ2v) is 4.89. The minimum atomic E-state index is -3.06. The van der Waals surface area contributed by atoms with Crippen molar-refractivity contribution in [2.24, 2.45) is 0 Å². The van der Waals surface area contributed by atoms with E-state index in [1.807, 2.05) is 0 Å². The molecule has 2 rings (SSSR count). The second kappa shape index (κ2) is 8.18. The Morgan fingerprint density at radius 2 is 1.68 bits per heavy atom. The zero-order chi connectivity index (χ0) is 18.4. The smallest absolute Gasteiger partial charge is 0.387 e. The number of amides is 1. The molecular weight excluding hydrogens is 339 g/mol. The third kappa shape index (κ3) is 4.97. The fraction of sp³-hybridized carbons (Fsp3) is 0.176. The van der Waals surface area contributed by atoms with E-state index in [0.717, 1.165) is 6.07 Å². The lowest BCUT2D eigenvalue weighted by atomic mass is 10.2. The van der Waals surface area contributed by atoms with Crippen LogP contribution in [0.1, 0.15) is 17.3 Å². The Hall–Kier alpha value is -3.03. The molecule has 25 heavy (non-hydrogen) atoms. The fourth-order valence-corrected chi connectivity index (χ4v) is 1.91. The quantitative estimate of drug-likeness (QED) is 0.806. The van der Waals surface area contributed by atoms with Crippen molar-refractivity contribution in [2.75, 3.05) is 5.32 Å². The Morgan fingerprint density at radius 3 is 2.36 bits per heavy atom. The Balaban J connectivity index is 2.04. The monoisotopic (exact) mass is 353 g/mol. The highest BCUT2D eigenvalue weighted by atomic mass is 19.3. The van der Waals surface area contributed by atoms with E-state index in [-0.39, 0.29) is 17.0 Å². The van der Waals surface area contributed by atoms with Gasteiger partial charge in [-0.05, 0) is 31.2 Å². The predicted octanol–water partition coefficient (Wildman–Crippen LogP) is 3.61. The Morgan fingerprint density at radius 1 is 1.04 bits per heavy atom. The van der Waals surface area contributed by atoms with Crippen LogP contribution in [0.2, 0.25) is 0 Å². The van der Waals surface area contributed by atoms with E-state index in [2.05, 4.69) is 10.1 Å². The van der Waals surface area contributed by atoms with Crippen LogP contribution >= 0.6 is 0 Å². The van der Waals surface area contributed by atoms with Gasteiger partial charge in [-0.2, -0.15) is 8.78 Å². The number of halogens is 3. The molecule has 1 amide bonds. The van der Waals surface area contributed by atoms with Gasteiger partial charge in [0.05, 0.1) is 11.3 Å². The maximum absolute atomic E-state index is 13.5. The number of carbonyl (C=O) groups is 2. The molecule has 0 aliphatic carbocycles. The summed E-state index contributed by atoms with van der Waals surface area (Å²) in [7, 11) is 0. The van der Waals surface area contributed by atoms with Crippen LogP contribution in [-0.4, -0.2) is 24.6 Å². The first kappa shape index (κ1) is 18.3. The van der Waals surface area contributed by atoms with Crippen molar-refractivity contribution in [1.29, 1.82) is 0 Å². The number of esters is 1. The van der Waals surface area contributed by atoms with Crippen molar-refractivity contribution < 1.29 is 32.2 Å². The summed E-state index contributed by atoms with van der Waals surface area (Å²) in [6, 6.07) is 10.7. The first-order valence-electron chi connectivity index (χ1n) is 7.18. The highest BCUT2D eigenvalue weighted by Gasteiger charge is 2.22. The standard InChI is InChI=1S/C17H14F3NO4/c1-10(24-16(23)11-6-2-3-7-12(11)18)15(22)21-13-8-4-5-9-14(13)25-17(19)20/h2-10,17H,1H3,(H,21,22)/t10-/m0/s1. The van der Waals surface area contributed by atoms with Gasteiger partial charge in [-0.25, -0.2) is 9.18 Å². The van der Waals surface area contributed by atoms with E-state index >= 15 is 0 Å². The van der Waals surface area contributed by atoms with E-state index in [0.29, 0.717) is 0 Å². The number of anilines is 1. The number of rotatable bonds is 6. The number of hydrogen-bond acceptors (Lipinski definition) is 4. The van der Waals surface area contributed by atoms with Crippen LogP contribution in [0.3, 0.4) is 0 Å². The molecule has 0 heterocycles. The summed E-state index contributed by atoms with van der Waals surface area (Å²) in [6.07, 6.45) is -1.29. The molecule has 2 aromatic rings. The van der Waals surface area contributed by atoms with Gasteiger partial charge >= 0.3 is 12.6 Å². The van der Waals surface area contributed by atoms with Gasteiger partial charge < -0.3 is 14.8 Å². The van der Waals surface area contributed by atoms with Gasteiger partial charge in [0.15, 0.2) is 6.10 Å². The molecular formula is C17H14F3NO4. The minimum absolute atomic E-state index is 0.0124. The minimum Gasteiger partial charge on any atom is -0.449 e. The van der Waals surface area contributed by atoms with E-state index in [4.69, 9.17) is 4.74 Å². The molecule has 0 saturated heterocycles. The number of hydrogen-bond donors (Lipinski definition) is 1. The summed E-state index contributed by atoms with van der Waals surface area (Å²) in [5.74, 6) is -2.82. The van der Waals surface area contributed by atoms with Crippen molar-refractivity contribution in [1.82, 2.24) is 0 Å². The van der Waals surface area contributed by atoms with Crippen molar-refractivity contribution in [3.8, 4) is 5.75 Å². The second-order valence-electron chi connectivity index (χ2n) is 4.89. The number of alkyl halides is 2. The molecule has 0 unspecified atom stereocenters. The van der Waals surface area contributed by atoms with Crippen LogP contribution in [0.4, 0.5) is 18.9 Å². The molecule has 132 valence electrons. The number of benzene rings is 2. The molecule has 0 radical (unpaired) electrons. The zero-order valence-electron chi connectivity index (χ0n) is 13.0. The lowest BCUT2D eigenvalue weighted by molar-refractivity contribution is -0.123. The topological polar surface area (TPSA) is 64.6 Å². The van der Waals surface area contributed by atoms with Crippen molar-refractivity contribution >= 4 is 17.6 Å². The summed E-state index contributed by atoms with van der Waals surface area (Å²) >= 11 is 0. The third-order valence-corrected chi connectivity index (χ3v) is 3.11. The van der Waals surface area contributed by atoms with Gasteiger partial charge in [0.25, 0.3) is 5.91 Å². The Kier molecular flexibility index (Phi) is 5.99. The molecule has 0 aliphatic heterocycles. The largest absolute Gasteiger partial charge is 0.449 e. The van der Waals surface area contributed by atoms with Crippen molar-refractivity contribution in [3.05, 3.63) is 59.9 Å². The number of carbonyl (C=O) groups excluding carboxylic acids is 2. The lowest BCUT2D eigenvalue weighted by Gasteiger charge is -2.16. The summed E-state index contributed by atoms with van der Waals surface area (Å²) in [4.78, 5) is 24.0. The van der Waals surface area contributed by atoms with Crippen LogP contribution in [-0.2, 0) is 9.53 Å². The first-order chi connectivity index (χ1) is 11.9. The zero-order valence-corrected chi connectivity index (χ0v) is 13.0. The predicted molar refractivity (Wildman–Crippen MR) is 83.0 cm³/mol. The number of ether oxygens (including phenoxy) is 2. The van der Waals surface area contributed by atoms with Crippen LogP contribution in [0.15, 0.2) is 48.5 Å². The van der Waals surface area contributed by atoms with Gasteiger partial charge in [-0.3, -0.25) is 4.79 Å². The van der Waals surface area contributed by atoms with Crippen LogP contribution < -0.4 is 10.1 Å². The molecule has 0 spiro atoms. The maximum Gasteiger partial charge on any atom is 0.387 e. The summed E-state index contributed by atoms with van der Waals surface area (Å²) in [5, 5.41) is 2.32. The maximum atomic E-state index is 13.5. The average Bonchev–Trinajstić information content (AvgIpc) is 2.56. The van der Waals surface area contributed by atoms with Crippen LogP contribution in [0, 0.1) is 5.82 Å². The van der Waals surface area contributed by atoms with Gasteiger partial charge in [0, 0.05) is 0 Å². The van der Waals surface area contributed by atoms with E-state index < -0.39 is 30.4 Å². The molecule has 5 nitrogen and oxygen atoms in total. The van der Waals surface area contributed by atoms with Crippen molar-refractivity contribution in [3.63, 3.8) is 0 Å². The molecule has 1 atom stereocenters. The number of para-hydroxylation sites is 2. The SMILES string of the molecule is C[C@H](OC(=O)c1ccccc1F)C(=O)Nc1ccccc1OC(F)F. The fourth-order valence-electron chi connectivity index (χ4n) is 1.91. The highest BCUT2D eigenvalue weighted by molar-refractivity contribution is 5.98. The van der Waals surface area contributed by atoms with E-state index in [1.165, 1.54) is 49.4 Å². The first-order valence-corrected chi connectivity index (χ1v) is 7.18. The Labute approximate surface area is 141 Å². The van der Waals surface area contributed by atoms with Crippen LogP contribution in [0.5, 0.6) is 5.75 Å². The van der Waals surface area contributed by atoms with E-state index in [9.17, 15) is 22.8 Å². The normalized spacial score (nSPS) is 11.7. The molecule has 0 bridgehead atoms. The van der Waals surface area contributed by atoms with Gasteiger partial charge in [0.1, 0.15) is 11.6 Å². The van der Waals surface area contributed by atoms with E-state index in [1.54, 1.807) is 0 Å². The molecule has 2 aromatic carbocycles. The Bertz CT molecular complexity index is 767. The molecule has 0 fully saturated rings. The molecule has 0 saturated carbocycles. The van der Waals surface area contributed by atoms with Gasteiger partial charge in [-0.1, -0.05) is 24.3 Å². The average molecular weight is 353 g/mol. The molecule has 0 aromatic heterocycles. The summed E-state index contributed by atoms with van der Waals surface area (Å²) < 4.78 is 47.4. The number of nitrogens with one attached hydrogen (secondary N) is 1. The summed E-state index contributed by atoms with van der Waals surface area (Å²) in [6.45, 7) is -1.79. The van der Waals surface area contributed by atoms with Crippen LogP contribution in [0.25, 0.3) is 0 Å². The van der Waals surface area contributed by atoms with Gasteiger partial charge in [0.2, 0.25) is 0 Å². The molecule has 8 heteroatoms. The third-order valence-electron chi connectivity index (χ3n) is 3.11. The lowest BCUT2D eigenvalue weighted by Crippen LogP contribution is -2.30. The van der Waals surface area contributed by atoms with Crippen molar-refractivity contribution in [2.45, 2.75) is 19.6 Å². The molecule has 0 aliphatic rings. The van der Waals surface area contributed by atoms with Gasteiger partial charge in [-0.15, -0.1) is 0 Å². The summed E-state index contributed by atoms with van der Waals surface area (Å²) in [5.41, 5.74) is -0.329.